The van der Waals surface area contributed by atoms with Crippen molar-refractivity contribution in [1.29, 1.82) is 0 Å². The van der Waals surface area contributed by atoms with Gasteiger partial charge in [-0.1, -0.05) is 56.9 Å². The highest BCUT2D eigenvalue weighted by molar-refractivity contribution is 5.07. The van der Waals surface area contributed by atoms with Crippen molar-refractivity contribution in [1.82, 2.24) is 0 Å². The van der Waals surface area contributed by atoms with Gasteiger partial charge in [0.25, 0.3) is 0 Å². The standard InChI is InChI=1S/C13H22/c1-3-4-7-10-13(2)11-8-5-6-9-12-13/h3-4,7,10H,5-6,8-9,11-12H2,1-2H3/b4-3-,10-7-. The van der Waals surface area contributed by atoms with E-state index in [2.05, 4.69) is 38.2 Å². The van der Waals surface area contributed by atoms with Crippen molar-refractivity contribution in [2.75, 3.05) is 0 Å². The van der Waals surface area contributed by atoms with E-state index < -0.39 is 0 Å². The Morgan fingerprint density at radius 1 is 0.923 bits per heavy atom. The Morgan fingerprint density at radius 3 is 2.08 bits per heavy atom. The molecule has 0 heteroatoms. The van der Waals surface area contributed by atoms with E-state index in [0.717, 1.165) is 0 Å². The van der Waals surface area contributed by atoms with Gasteiger partial charge in [0.05, 0.1) is 0 Å². The van der Waals surface area contributed by atoms with Crippen LogP contribution in [-0.2, 0) is 0 Å². The molecule has 1 rings (SSSR count). The summed E-state index contributed by atoms with van der Waals surface area (Å²) in [5, 5.41) is 0. The minimum Gasteiger partial charge on any atom is -0.0877 e. The molecule has 1 saturated carbocycles. The second-order valence-electron chi connectivity index (χ2n) is 4.45. The normalized spacial score (nSPS) is 23.8. The molecule has 0 unspecified atom stereocenters. The third-order valence-electron chi connectivity index (χ3n) is 3.05. The van der Waals surface area contributed by atoms with Crippen LogP contribution in [0.2, 0.25) is 0 Å². The number of hydrogen-bond donors (Lipinski definition) is 0. The highest BCUT2D eigenvalue weighted by atomic mass is 14.3. The molecule has 0 aromatic heterocycles. The first-order valence-corrected chi connectivity index (χ1v) is 5.57. The molecule has 0 bridgehead atoms. The maximum atomic E-state index is 2.40. The van der Waals surface area contributed by atoms with Gasteiger partial charge in [0.1, 0.15) is 0 Å². The molecule has 0 amide bonds. The number of allylic oxidation sites excluding steroid dienone is 4. The zero-order chi connectivity index (χ0) is 9.57. The van der Waals surface area contributed by atoms with Crippen molar-refractivity contribution in [2.24, 2.45) is 5.41 Å². The molecule has 1 fully saturated rings. The van der Waals surface area contributed by atoms with Crippen LogP contribution in [0.5, 0.6) is 0 Å². The van der Waals surface area contributed by atoms with Crippen LogP contribution in [0.4, 0.5) is 0 Å². The van der Waals surface area contributed by atoms with Gasteiger partial charge in [-0.25, -0.2) is 0 Å². The topological polar surface area (TPSA) is 0 Å². The van der Waals surface area contributed by atoms with E-state index in [1.165, 1.54) is 38.5 Å². The first kappa shape index (κ1) is 10.6. The first-order valence-electron chi connectivity index (χ1n) is 5.57. The molecule has 0 aromatic rings. The summed E-state index contributed by atoms with van der Waals surface area (Å²) in [6.07, 6.45) is 17.3. The summed E-state index contributed by atoms with van der Waals surface area (Å²) in [7, 11) is 0. The van der Waals surface area contributed by atoms with E-state index in [1.54, 1.807) is 0 Å². The SMILES string of the molecule is C/C=C\C=C/C1(C)CCCCCC1. The van der Waals surface area contributed by atoms with E-state index >= 15 is 0 Å². The molecule has 0 heterocycles. The Balaban J connectivity index is 2.51. The summed E-state index contributed by atoms with van der Waals surface area (Å²) in [5.41, 5.74) is 0.482. The van der Waals surface area contributed by atoms with Crippen LogP contribution >= 0.6 is 0 Å². The van der Waals surface area contributed by atoms with Gasteiger partial charge >= 0.3 is 0 Å². The fourth-order valence-electron chi connectivity index (χ4n) is 2.10. The lowest BCUT2D eigenvalue weighted by Crippen LogP contribution is -2.10. The lowest BCUT2D eigenvalue weighted by Gasteiger charge is -2.23. The Bertz CT molecular complexity index is 178. The average Bonchev–Trinajstić information content (AvgIpc) is 2.31. The predicted octanol–water partition coefficient (Wildman–Crippen LogP) is 4.48. The van der Waals surface area contributed by atoms with Gasteiger partial charge < -0.3 is 0 Å². The van der Waals surface area contributed by atoms with Crippen molar-refractivity contribution in [2.45, 2.75) is 52.4 Å². The van der Waals surface area contributed by atoms with Gasteiger partial charge in [0.2, 0.25) is 0 Å². The largest absolute Gasteiger partial charge is 0.0877 e. The highest BCUT2D eigenvalue weighted by Gasteiger charge is 2.21. The molecule has 1 aliphatic carbocycles. The van der Waals surface area contributed by atoms with E-state index in [4.69, 9.17) is 0 Å². The Kier molecular flexibility index (Phi) is 4.27. The van der Waals surface area contributed by atoms with Gasteiger partial charge in [0.15, 0.2) is 0 Å². The molecular formula is C13H22. The average molecular weight is 178 g/mol. The maximum absolute atomic E-state index is 2.40. The zero-order valence-electron chi connectivity index (χ0n) is 9.05. The molecule has 0 atom stereocenters. The van der Waals surface area contributed by atoms with Gasteiger partial charge in [-0.2, -0.15) is 0 Å². The molecule has 0 radical (unpaired) electrons. The van der Waals surface area contributed by atoms with Gasteiger partial charge in [-0.05, 0) is 25.2 Å². The monoisotopic (exact) mass is 178 g/mol. The van der Waals surface area contributed by atoms with Crippen molar-refractivity contribution in [3.05, 3.63) is 24.3 Å². The molecule has 0 saturated heterocycles. The third-order valence-corrected chi connectivity index (χ3v) is 3.05. The van der Waals surface area contributed by atoms with Crippen LogP contribution in [0.25, 0.3) is 0 Å². The molecule has 0 N–H and O–H groups in total. The molecule has 1 aliphatic rings. The van der Waals surface area contributed by atoms with Crippen molar-refractivity contribution >= 4 is 0 Å². The van der Waals surface area contributed by atoms with Crippen LogP contribution in [0.15, 0.2) is 24.3 Å². The van der Waals surface area contributed by atoms with Crippen molar-refractivity contribution in [3.63, 3.8) is 0 Å². The number of hydrogen-bond acceptors (Lipinski definition) is 0. The molecule has 0 aromatic carbocycles. The zero-order valence-corrected chi connectivity index (χ0v) is 9.05. The molecule has 0 spiro atoms. The third kappa shape index (κ3) is 3.80. The molecule has 0 aliphatic heterocycles. The van der Waals surface area contributed by atoms with Crippen molar-refractivity contribution in [3.8, 4) is 0 Å². The number of rotatable bonds is 2. The Labute approximate surface area is 82.7 Å². The lowest BCUT2D eigenvalue weighted by molar-refractivity contribution is 0.368. The summed E-state index contributed by atoms with van der Waals surface area (Å²) in [4.78, 5) is 0. The smallest absolute Gasteiger partial charge is 0.0143 e. The fourth-order valence-corrected chi connectivity index (χ4v) is 2.10. The summed E-state index contributed by atoms with van der Waals surface area (Å²) in [6.45, 7) is 4.47. The second kappa shape index (κ2) is 5.26. The predicted molar refractivity (Wildman–Crippen MR) is 59.8 cm³/mol. The van der Waals surface area contributed by atoms with E-state index in [9.17, 15) is 0 Å². The minimum atomic E-state index is 0.482. The maximum Gasteiger partial charge on any atom is -0.0143 e. The second-order valence-corrected chi connectivity index (χ2v) is 4.45. The minimum absolute atomic E-state index is 0.482. The quantitative estimate of drug-likeness (QED) is 0.432. The van der Waals surface area contributed by atoms with Gasteiger partial charge in [0, 0.05) is 0 Å². The van der Waals surface area contributed by atoms with E-state index in [1.807, 2.05) is 0 Å². The first-order chi connectivity index (χ1) is 6.27. The van der Waals surface area contributed by atoms with Crippen LogP contribution in [-0.4, -0.2) is 0 Å². The summed E-state index contributed by atoms with van der Waals surface area (Å²) in [5.74, 6) is 0. The van der Waals surface area contributed by atoms with Gasteiger partial charge in [-0.3, -0.25) is 0 Å². The summed E-state index contributed by atoms with van der Waals surface area (Å²) in [6, 6.07) is 0. The molecule has 74 valence electrons. The van der Waals surface area contributed by atoms with Gasteiger partial charge in [-0.15, -0.1) is 0 Å². The molecule has 13 heavy (non-hydrogen) atoms. The lowest BCUT2D eigenvalue weighted by atomic mass is 9.82. The molecule has 0 nitrogen and oxygen atoms in total. The van der Waals surface area contributed by atoms with E-state index in [0.29, 0.717) is 5.41 Å². The summed E-state index contributed by atoms with van der Waals surface area (Å²) >= 11 is 0. The van der Waals surface area contributed by atoms with Crippen LogP contribution in [0, 0.1) is 5.41 Å². The molecular weight excluding hydrogens is 156 g/mol. The van der Waals surface area contributed by atoms with E-state index in [-0.39, 0.29) is 0 Å². The Hall–Kier alpha value is -0.520. The summed E-state index contributed by atoms with van der Waals surface area (Å²) < 4.78 is 0. The Morgan fingerprint density at radius 2 is 1.54 bits per heavy atom. The van der Waals surface area contributed by atoms with Crippen molar-refractivity contribution < 1.29 is 0 Å². The van der Waals surface area contributed by atoms with Crippen LogP contribution in [0.3, 0.4) is 0 Å². The highest BCUT2D eigenvalue weighted by Crippen LogP contribution is 2.35. The fraction of sp³-hybridized carbons (Fsp3) is 0.692. The van der Waals surface area contributed by atoms with Crippen LogP contribution in [0.1, 0.15) is 52.4 Å². The van der Waals surface area contributed by atoms with Crippen LogP contribution < -0.4 is 0 Å².